The Labute approximate surface area is 144 Å². The maximum Gasteiger partial charge on any atom is 0.416 e. The molecule has 0 aliphatic carbocycles. The first kappa shape index (κ1) is 15.8. The molecular formula is C16H11F3N4OS. The van der Waals surface area contributed by atoms with Gasteiger partial charge in [-0.2, -0.15) is 18.3 Å². The molecule has 0 atom stereocenters. The molecule has 3 aromatic rings. The van der Waals surface area contributed by atoms with E-state index in [2.05, 4.69) is 10.1 Å². The summed E-state index contributed by atoms with van der Waals surface area (Å²) in [5, 5.41) is 4.56. The zero-order valence-corrected chi connectivity index (χ0v) is 13.7. The van der Waals surface area contributed by atoms with Gasteiger partial charge in [0, 0.05) is 12.1 Å². The van der Waals surface area contributed by atoms with E-state index in [1.165, 1.54) is 16.9 Å². The summed E-state index contributed by atoms with van der Waals surface area (Å²) in [6.07, 6.45) is -3.04. The molecule has 0 saturated carbocycles. The number of hydrogen-bond donors (Lipinski definition) is 1. The lowest BCUT2D eigenvalue weighted by molar-refractivity contribution is -0.137. The van der Waals surface area contributed by atoms with Crippen LogP contribution in [-0.4, -0.2) is 19.3 Å². The lowest BCUT2D eigenvalue weighted by atomic mass is 10.0. The quantitative estimate of drug-likeness (QED) is 0.672. The number of benzene rings is 1. The zero-order chi connectivity index (χ0) is 17.9. The van der Waals surface area contributed by atoms with Crippen LogP contribution in [0.25, 0.3) is 16.7 Å². The fourth-order valence-corrected chi connectivity index (χ4v) is 3.35. The first-order valence-corrected chi connectivity index (χ1v) is 7.77. The molecule has 0 amide bonds. The molecule has 1 N–H and O–H groups in total. The highest BCUT2D eigenvalue weighted by molar-refractivity contribution is 7.71. The van der Waals surface area contributed by atoms with Gasteiger partial charge in [-0.15, -0.1) is 0 Å². The molecule has 128 valence electrons. The molecule has 0 radical (unpaired) electrons. The Hall–Kier alpha value is -2.68. The summed E-state index contributed by atoms with van der Waals surface area (Å²) >= 11 is 5.20. The number of nitrogens with zero attached hydrogens (tertiary/aromatic N) is 3. The zero-order valence-electron chi connectivity index (χ0n) is 12.9. The molecule has 0 spiro atoms. The second-order valence-corrected chi connectivity index (χ2v) is 6.23. The van der Waals surface area contributed by atoms with Crippen molar-refractivity contribution in [2.24, 2.45) is 0 Å². The van der Waals surface area contributed by atoms with E-state index >= 15 is 0 Å². The van der Waals surface area contributed by atoms with Crippen LogP contribution in [0.2, 0.25) is 0 Å². The van der Waals surface area contributed by atoms with E-state index in [1.807, 2.05) is 0 Å². The van der Waals surface area contributed by atoms with Crippen molar-refractivity contribution in [3.05, 3.63) is 62.3 Å². The van der Waals surface area contributed by atoms with Crippen LogP contribution in [0, 0.1) is 4.77 Å². The summed E-state index contributed by atoms with van der Waals surface area (Å²) < 4.78 is 42.6. The van der Waals surface area contributed by atoms with Crippen LogP contribution in [0.4, 0.5) is 13.2 Å². The van der Waals surface area contributed by atoms with E-state index < -0.39 is 11.7 Å². The Bertz CT molecular complexity index is 1170. The van der Waals surface area contributed by atoms with Gasteiger partial charge in [-0.05, 0) is 36.8 Å². The van der Waals surface area contributed by atoms with Gasteiger partial charge in [-0.1, -0.05) is 12.1 Å². The minimum atomic E-state index is -4.43. The first-order valence-electron chi connectivity index (χ1n) is 7.36. The summed E-state index contributed by atoms with van der Waals surface area (Å²) in [7, 11) is 0. The van der Waals surface area contributed by atoms with Gasteiger partial charge in [0.05, 0.1) is 17.5 Å². The normalized spacial score (nSPS) is 14.4. The summed E-state index contributed by atoms with van der Waals surface area (Å²) in [5.74, 6) is 0. The number of allylic oxidation sites excluding steroid dienone is 1. The second kappa shape index (κ2) is 5.16. The number of halogens is 3. The fraction of sp³-hybridized carbons (Fsp3) is 0.188. The predicted molar refractivity (Wildman–Crippen MR) is 88.6 cm³/mol. The molecule has 0 unspecified atom stereocenters. The van der Waals surface area contributed by atoms with Crippen LogP contribution in [0.15, 0.2) is 40.8 Å². The van der Waals surface area contributed by atoms with Gasteiger partial charge in [-0.3, -0.25) is 14.3 Å². The molecule has 9 heteroatoms. The Morgan fingerprint density at radius 1 is 1.32 bits per heavy atom. The highest BCUT2D eigenvalue weighted by atomic mass is 32.1. The number of aromatic amines is 1. The summed E-state index contributed by atoms with van der Waals surface area (Å²) in [6.45, 7) is 2.17. The third-order valence-corrected chi connectivity index (χ3v) is 4.51. The van der Waals surface area contributed by atoms with E-state index in [0.717, 1.165) is 17.7 Å². The van der Waals surface area contributed by atoms with Gasteiger partial charge in [0.25, 0.3) is 5.56 Å². The smallest absolute Gasteiger partial charge is 0.298 e. The summed E-state index contributed by atoms with van der Waals surface area (Å²) in [5.41, 5.74) is 1.08. The maximum absolute atomic E-state index is 13.0. The minimum absolute atomic E-state index is 0.252. The second-order valence-electron chi connectivity index (χ2n) is 5.85. The highest BCUT2D eigenvalue weighted by Crippen LogP contribution is 2.34. The lowest BCUT2D eigenvalue weighted by Crippen LogP contribution is -2.21. The van der Waals surface area contributed by atoms with E-state index in [-0.39, 0.29) is 10.3 Å². The van der Waals surface area contributed by atoms with E-state index in [0.29, 0.717) is 28.8 Å². The van der Waals surface area contributed by atoms with Crippen LogP contribution in [-0.2, 0) is 12.7 Å². The molecule has 0 bridgehead atoms. The molecule has 1 aromatic carbocycles. The standard InChI is InChI=1S/C16H11F3N4OS/c1-8-7-22-14-11(13(24)21-15(22)25)6-20-23(14)12(8)9-3-2-4-10(5-9)16(17,18)19/h2-6H,7H2,1H3,(H,21,24,25). The number of alkyl halides is 3. The Morgan fingerprint density at radius 3 is 2.80 bits per heavy atom. The average Bonchev–Trinajstić information content (AvgIpc) is 2.97. The van der Waals surface area contributed by atoms with Crippen molar-refractivity contribution >= 4 is 28.9 Å². The van der Waals surface area contributed by atoms with Crippen LogP contribution in [0.1, 0.15) is 18.1 Å². The van der Waals surface area contributed by atoms with Crippen molar-refractivity contribution in [2.45, 2.75) is 19.6 Å². The molecule has 1 aliphatic rings. The topological polar surface area (TPSA) is 55.6 Å². The van der Waals surface area contributed by atoms with Crippen molar-refractivity contribution in [1.29, 1.82) is 0 Å². The van der Waals surface area contributed by atoms with Crippen molar-refractivity contribution in [1.82, 2.24) is 19.3 Å². The molecule has 0 saturated heterocycles. The van der Waals surface area contributed by atoms with Gasteiger partial charge in [0.1, 0.15) is 5.39 Å². The van der Waals surface area contributed by atoms with Gasteiger partial charge in [-0.25, -0.2) is 4.68 Å². The molecule has 5 nitrogen and oxygen atoms in total. The summed E-state index contributed by atoms with van der Waals surface area (Å²) in [4.78, 5) is 14.6. The van der Waals surface area contributed by atoms with E-state index in [1.54, 1.807) is 17.6 Å². The molecule has 3 heterocycles. The SMILES string of the molecule is CC1=C(c2cccc(C(F)(F)F)c2)n2ncc3c(=O)[nH]c(=S)n(c32)C1. The lowest BCUT2D eigenvalue weighted by Gasteiger charge is -2.22. The van der Waals surface area contributed by atoms with Crippen molar-refractivity contribution in [3.63, 3.8) is 0 Å². The third kappa shape index (κ3) is 2.34. The largest absolute Gasteiger partial charge is 0.416 e. The fourth-order valence-electron chi connectivity index (χ4n) is 3.10. The van der Waals surface area contributed by atoms with Crippen molar-refractivity contribution in [3.8, 4) is 0 Å². The van der Waals surface area contributed by atoms with E-state index in [9.17, 15) is 18.0 Å². The Morgan fingerprint density at radius 2 is 2.08 bits per heavy atom. The predicted octanol–water partition coefficient (Wildman–Crippen LogP) is 3.57. The number of H-pyrrole nitrogens is 1. The van der Waals surface area contributed by atoms with Crippen molar-refractivity contribution < 1.29 is 13.2 Å². The number of hydrogen-bond acceptors (Lipinski definition) is 3. The average molecular weight is 364 g/mol. The Kier molecular flexibility index (Phi) is 3.26. The van der Waals surface area contributed by atoms with Gasteiger partial charge >= 0.3 is 6.18 Å². The Balaban J connectivity index is 2.01. The molecule has 0 fully saturated rings. The first-order chi connectivity index (χ1) is 11.8. The van der Waals surface area contributed by atoms with Crippen LogP contribution in [0.5, 0.6) is 0 Å². The van der Waals surface area contributed by atoms with Gasteiger partial charge < -0.3 is 0 Å². The van der Waals surface area contributed by atoms with Gasteiger partial charge in [0.2, 0.25) is 0 Å². The van der Waals surface area contributed by atoms with Crippen molar-refractivity contribution in [2.75, 3.05) is 0 Å². The molecule has 25 heavy (non-hydrogen) atoms. The molecular weight excluding hydrogens is 353 g/mol. The van der Waals surface area contributed by atoms with Gasteiger partial charge in [0.15, 0.2) is 10.4 Å². The monoisotopic (exact) mass is 364 g/mol. The number of rotatable bonds is 1. The van der Waals surface area contributed by atoms with Crippen LogP contribution >= 0.6 is 12.2 Å². The third-order valence-electron chi connectivity index (χ3n) is 4.18. The van der Waals surface area contributed by atoms with Crippen LogP contribution in [0.3, 0.4) is 0 Å². The van der Waals surface area contributed by atoms with Crippen LogP contribution < -0.4 is 5.56 Å². The number of nitrogens with one attached hydrogen (secondary N) is 1. The molecule has 2 aromatic heterocycles. The molecule has 1 aliphatic heterocycles. The number of aromatic nitrogens is 4. The summed E-state index contributed by atoms with van der Waals surface area (Å²) in [6, 6.07) is 5.07. The maximum atomic E-state index is 13.0. The molecule has 4 rings (SSSR count). The minimum Gasteiger partial charge on any atom is -0.298 e. The highest BCUT2D eigenvalue weighted by Gasteiger charge is 2.31. The van der Waals surface area contributed by atoms with E-state index in [4.69, 9.17) is 12.2 Å².